The monoisotopic (exact) mass is 252 g/mol. The summed E-state index contributed by atoms with van der Waals surface area (Å²) in [5.74, 6) is 0.861. The van der Waals surface area contributed by atoms with Crippen LogP contribution in [0, 0.1) is 13.8 Å². The van der Waals surface area contributed by atoms with Gasteiger partial charge in [-0.2, -0.15) is 0 Å². The number of unbranched alkanes of at least 4 members (excludes halogenated alkanes) is 1. The molecule has 1 aromatic carbocycles. The van der Waals surface area contributed by atoms with Gasteiger partial charge in [0.25, 0.3) is 0 Å². The van der Waals surface area contributed by atoms with Gasteiger partial charge in [0.05, 0.1) is 10.8 Å². The van der Waals surface area contributed by atoms with Crippen LogP contribution in [-0.4, -0.2) is 15.7 Å². The van der Waals surface area contributed by atoms with Gasteiger partial charge in [0.15, 0.2) is 0 Å². The molecule has 0 spiro atoms. The second kappa shape index (κ2) is 6.70. The molecule has 0 fully saturated rings. The van der Waals surface area contributed by atoms with Crippen LogP contribution in [0.2, 0.25) is 0 Å². The first-order valence-electron chi connectivity index (χ1n) is 5.96. The van der Waals surface area contributed by atoms with Crippen molar-refractivity contribution in [3.63, 3.8) is 0 Å². The molecule has 0 N–H and O–H groups in total. The fourth-order valence-corrected chi connectivity index (χ4v) is 3.10. The van der Waals surface area contributed by atoms with Gasteiger partial charge in [-0.3, -0.25) is 4.21 Å². The molecular weight excluding hydrogens is 232 g/mol. The molecule has 0 heterocycles. The molecule has 0 saturated heterocycles. The first-order valence-corrected chi connectivity index (χ1v) is 7.27. The standard InChI is InChI=1S/C14H20O2S/c1-11-7-8-12(2)14(10-11)17(16)9-5-4-6-13(3)15/h7-8,10H,4-6,9H2,1-3H3. The van der Waals surface area contributed by atoms with E-state index in [0.717, 1.165) is 28.9 Å². The van der Waals surface area contributed by atoms with Crippen LogP contribution >= 0.6 is 0 Å². The highest BCUT2D eigenvalue weighted by molar-refractivity contribution is 7.85. The molecule has 17 heavy (non-hydrogen) atoms. The Morgan fingerprint density at radius 1 is 1.24 bits per heavy atom. The second-order valence-electron chi connectivity index (χ2n) is 4.48. The predicted octanol–water partition coefficient (Wildman–Crippen LogP) is 3.17. The highest BCUT2D eigenvalue weighted by Crippen LogP contribution is 2.16. The molecule has 2 nitrogen and oxygen atoms in total. The zero-order valence-electron chi connectivity index (χ0n) is 10.8. The highest BCUT2D eigenvalue weighted by atomic mass is 32.2. The van der Waals surface area contributed by atoms with Crippen molar-refractivity contribution in [2.75, 3.05) is 5.75 Å². The van der Waals surface area contributed by atoms with Crippen LogP contribution in [-0.2, 0) is 15.6 Å². The van der Waals surface area contributed by atoms with Crippen molar-refractivity contribution in [1.29, 1.82) is 0 Å². The zero-order chi connectivity index (χ0) is 12.8. The normalized spacial score (nSPS) is 12.4. The summed E-state index contributed by atoms with van der Waals surface area (Å²) in [7, 11) is -0.931. The number of Topliss-reactive ketones (excluding diaryl/α,β-unsaturated/α-hetero) is 1. The Morgan fingerprint density at radius 3 is 2.59 bits per heavy atom. The van der Waals surface area contributed by atoms with Crippen molar-refractivity contribution in [2.45, 2.75) is 44.9 Å². The molecule has 94 valence electrons. The zero-order valence-corrected chi connectivity index (χ0v) is 11.6. The summed E-state index contributed by atoms with van der Waals surface area (Å²) in [6, 6.07) is 6.04. The van der Waals surface area contributed by atoms with E-state index in [1.807, 2.05) is 32.0 Å². The molecular formula is C14H20O2S. The van der Waals surface area contributed by atoms with Crippen LogP contribution in [0.15, 0.2) is 23.1 Å². The van der Waals surface area contributed by atoms with Gasteiger partial charge in [-0.1, -0.05) is 12.1 Å². The highest BCUT2D eigenvalue weighted by Gasteiger charge is 2.07. The summed E-state index contributed by atoms with van der Waals surface area (Å²) in [5, 5.41) is 0. The van der Waals surface area contributed by atoms with Crippen LogP contribution in [0.1, 0.15) is 37.3 Å². The number of carbonyl (C=O) groups is 1. The second-order valence-corrected chi connectivity index (χ2v) is 6.02. The number of hydrogen-bond donors (Lipinski definition) is 0. The van der Waals surface area contributed by atoms with Gasteiger partial charge >= 0.3 is 0 Å². The van der Waals surface area contributed by atoms with Crippen molar-refractivity contribution in [3.05, 3.63) is 29.3 Å². The molecule has 1 atom stereocenters. The summed E-state index contributed by atoms with van der Waals surface area (Å²) in [6.07, 6.45) is 2.29. The number of carbonyl (C=O) groups excluding carboxylic acids is 1. The summed E-state index contributed by atoms with van der Waals surface area (Å²) in [4.78, 5) is 11.7. The van der Waals surface area contributed by atoms with Crippen molar-refractivity contribution in [1.82, 2.24) is 0 Å². The van der Waals surface area contributed by atoms with Crippen molar-refractivity contribution >= 4 is 16.6 Å². The van der Waals surface area contributed by atoms with E-state index in [0.29, 0.717) is 12.2 Å². The smallest absolute Gasteiger partial charge is 0.129 e. The Hall–Kier alpha value is -0.960. The SMILES string of the molecule is CC(=O)CCCCS(=O)c1cc(C)ccc1C. The van der Waals surface area contributed by atoms with E-state index >= 15 is 0 Å². The minimum atomic E-state index is -0.931. The molecule has 0 radical (unpaired) electrons. The van der Waals surface area contributed by atoms with Crippen LogP contribution in [0.25, 0.3) is 0 Å². The summed E-state index contributed by atoms with van der Waals surface area (Å²) in [6.45, 7) is 5.60. The molecule has 0 aliphatic rings. The van der Waals surface area contributed by atoms with Crippen molar-refractivity contribution in [3.8, 4) is 0 Å². The lowest BCUT2D eigenvalue weighted by molar-refractivity contribution is -0.117. The first-order chi connectivity index (χ1) is 8.00. The molecule has 1 rings (SSSR count). The predicted molar refractivity (Wildman–Crippen MR) is 71.7 cm³/mol. The fourth-order valence-electron chi connectivity index (χ4n) is 1.67. The van der Waals surface area contributed by atoms with Gasteiger partial charge in [-0.25, -0.2) is 0 Å². The van der Waals surface area contributed by atoms with Crippen LogP contribution in [0.5, 0.6) is 0 Å². The lowest BCUT2D eigenvalue weighted by atomic mass is 10.2. The third kappa shape index (κ3) is 4.82. The largest absolute Gasteiger partial charge is 0.300 e. The van der Waals surface area contributed by atoms with E-state index in [-0.39, 0.29) is 5.78 Å². The average molecular weight is 252 g/mol. The third-order valence-electron chi connectivity index (χ3n) is 2.70. The van der Waals surface area contributed by atoms with Gasteiger partial charge in [0.2, 0.25) is 0 Å². The summed E-state index contributed by atoms with van der Waals surface area (Å²) < 4.78 is 12.1. The first kappa shape index (κ1) is 14.1. The maximum absolute atomic E-state index is 12.1. The Balaban J connectivity index is 2.52. The topological polar surface area (TPSA) is 34.1 Å². The fraction of sp³-hybridized carbons (Fsp3) is 0.500. The van der Waals surface area contributed by atoms with Crippen LogP contribution in [0.4, 0.5) is 0 Å². The molecule has 1 aromatic rings. The maximum Gasteiger partial charge on any atom is 0.129 e. The summed E-state index contributed by atoms with van der Waals surface area (Å²) >= 11 is 0. The van der Waals surface area contributed by atoms with E-state index in [1.54, 1.807) is 6.92 Å². The minimum Gasteiger partial charge on any atom is -0.300 e. The van der Waals surface area contributed by atoms with E-state index < -0.39 is 10.8 Å². The Bertz CT molecular complexity index is 424. The van der Waals surface area contributed by atoms with Gasteiger partial charge in [-0.15, -0.1) is 0 Å². The van der Waals surface area contributed by atoms with Gasteiger partial charge in [-0.05, 0) is 50.8 Å². The molecule has 0 saturated carbocycles. The van der Waals surface area contributed by atoms with Gasteiger partial charge in [0.1, 0.15) is 5.78 Å². The molecule has 0 bridgehead atoms. The van der Waals surface area contributed by atoms with Crippen LogP contribution in [0.3, 0.4) is 0 Å². The van der Waals surface area contributed by atoms with E-state index in [9.17, 15) is 9.00 Å². The quantitative estimate of drug-likeness (QED) is 0.729. The molecule has 3 heteroatoms. The molecule has 0 aromatic heterocycles. The van der Waals surface area contributed by atoms with Crippen LogP contribution < -0.4 is 0 Å². The van der Waals surface area contributed by atoms with Crippen molar-refractivity contribution < 1.29 is 9.00 Å². The number of benzene rings is 1. The van der Waals surface area contributed by atoms with E-state index in [2.05, 4.69) is 0 Å². The Morgan fingerprint density at radius 2 is 1.94 bits per heavy atom. The Labute approximate surface area is 106 Å². The summed E-state index contributed by atoms with van der Waals surface area (Å²) in [5.41, 5.74) is 2.23. The Kier molecular flexibility index (Phi) is 5.56. The molecule has 0 aliphatic heterocycles. The number of hydrogen-bond acceptors (Lipinski definition) is 2. The maximum atomic E-state index is 12.1. The lowest BCUT2D eigenvalue weighted by Gasteiger charge is -2.06. The number of rotatable bonds is 6. The van der Waals surface area contributed by atoms with Gasteiger partial charge < -0.3 is 4.79 Å². The molecule has 1 unspecified atom stereocenters. The van der Waals surface area contributed by atoms with Gasteiger partial charge in [0, 0.05) is 17.1 Å². The number of ketones is 1. The third-order valence-corrected chi connectivity index (χ3v) is 4.29. The minimum absolute atomic E-state index is 0.211. The van der Waals surface area contributed by atoms with E-state index in [4.69, 9.17) is 0 Å². The molecule has 0 amide bonds. The van der Waals surface area contributed by atoms with E-state index in [1.165, 1.54) is 0 Å². The average Bonchev–Trinajstić information content (AvgIpc) is 2.27. The number of aryl methyl sites for hydroxylation is 2. The van der Waals surface area contributed by atoms with Crippen molar-refractivity contribution in [2.24, 2.45) is 0 Å². The molecule has 0 aliphatic carbocycles. The lowest BCUT2D eigenvalue weighted by Crippen LogP contribution is -2.02.